The lowest BCUT2D eigenvalue weighted by molar-refractivity contribution is -0.571. The number of aryl methyl sites for hydroxylation is 1. The van der Waals surface area contributed by atoms with Crippen molar-refractivity contribution in [1.82, 2.24) is 9.88 Å². The van der Waals surface area contributed by atoms with E-state index in [1.807, 2.05) is 26.0 Å². The Morgan fingerprint density at radius 2 is 1.96 bits per heavy atom. The number of phenolic OH excluding ortho intramolecular Hbond substituents is 1. The van der Waals surface area contributed by atoms with Gasteiger partial charge in [0, 0.05) is 18.9 Å². The largest absolute Gasteiger partial charge is 0.504 e. The van der Waals surface area contributed by atoms with Gasteiger partial charge in [-0.25, -0.2) is 14.6 Å². The fraction of sp³-hybridized carbons (Fsp3) is 0.600. The number of fused-ring (bicyclic) bond motifs is 3. The van der Waals surface area contributed by atoms with Gasteiger partial charge in [0.1, 0.15) is 0 Å². The van der Waals surface area contributed by atoms with Gasteiger partial charge in [0.2, 0.25) is 5.79 Å². The number of carbonyl (C=O) groups is 1. The smallest absolute Gasteiger partial charge is 0.420 e. The molecule has 1 amide bonds. The van der Waals surface area contributed by atoms with Gasteiger partial charge in [0.05, 0.1) is 18.2 Å². The second-order valence-corrected chi connectivity index (χ2v) is 14.0. The zero-order valence-electron chi connectivity index (χ0n) is 27.0. The van der Waals surface area contributed by atoms with E-state index in [1.165, 1.54) is 10.6 Å². The number of nitrogens with zero attached hydrogens (tertiary/aromatic N) is 1. The van der Waals surface area contributed by atoms with Crippen LogP contribution in [0.2, 0.25) is 0 Å². The molecule has 5 aliphatic rings. The van der Waals surface area contributed by atoms with E-state index in [4.69, 9.17) is 28.4 Å². The number of hydrogen-bond acceptors (Lipinski definition) is 9. The van der Waals surface area contributed by atoms with E-state index in [2.05, 4.69) is 19.2 Å². The number of amides is 1. The monoisotopic (exact) mass is 636 g/mol. The van der Waals surface area contributed by atoms with E-state index in [1.54, 1.807) is 18.2 Å². The van der Waals surface area contributed by atoms with Crippen molar-refractivity contribution in [3.63, 3.8) is 0 Å². The van der Waals surface area contributed by atoms with Crippen molar-refractivity contribution in [2.24, 2.45) is 23.7 Å². The number of aromatic hydroxyl groups is 1. The first-order valence-corrected chi connectivity index (χ1v) is 16.6. The average molecular weight is 637 g/mol. The molecule has 46 heavy (non-hydrogen) atoms. The molecular formula is C35H44N2O9. The van der Waals surface area contributed by atoms with E-state index < -0.39 is 23.4 Å². The van der Waals surface area contributed by atoms with Crippen LogP contribution in [0, 0.1) is 30.6 Å². The van der Waals surface area contributed by atoms with Crippen LogP contribution in [0.4, 0.5) is 0 Å². The number of oxazole rings is 1. The Morgan fingerprint density at radius 3 is 2.78 bits per heavy atom. The molecule has 1 aromatic heterocycles. The summed E-state index contributed by atoms with van der Waals surface area (Å²) in [5.41, 5.74) is 2.34. The number of benzene rings is 2. The fourth-order valence-corrected chi connectivity index (χ4v) is 8.32. The molecule has 248 valence electrons. The first-order chi connectivity index (χ1) is 22.1. The fourth-order valence-electron chi connectivity index (χ4n) is 8.32. The summed E-state index contributed by atoms with van der Waals surface area (Å²) in [7, 11) is 0. The van der Waals surface area contributed by atoms with Crippen molar-refractivity contribution in [3.05, 3.63) is 58.1 Å². The summed E-state index contributed by atoms with van der Waals surface area (Å²) in [4.78, 5) is 37.1. The maximum absolute atomic E-state index is 12.6. The Labute approximate surface area is 268 Å². The minimum Gasteiger partial charge on any atom is -0.504 e. The van der Waals surface area contributed by atoms with Gasteiger partial charge in [0.25, 0.3) is 5.91 Å². The summed E-state index contributed by atoms with van der Waals surface area (Å²) >= 11 is 0. The lowest BCUT2D eigenvalue weighted by Gasteiger charge is -2.60. The molecule has 11 heteroatoms. The molecule has 4 saturated heterocycles. The third-order valence-electron chi connectivity index (χ3n) is 10.8. The molecule has 2 N–H and O–H groups in total. The first-order valence-electron chi connectivity index (χ1n) is 16.6. The molecule has 8 unspecified atom stereocenters. The molecule has 3 aromatic rings. The Balaban J connectivity index is 0.900. The van der Waals surface area contributed by atoms with Crippen LogP contribution >= 0.6 is 0 Å². The van der Waals surface area contributed by atoms with Crippen molar-refractivity contribution >= 4 is 17.0 Å². The van der Waals surface area contributed by atoms with Gasteiger partial charge < -0.3 is 29.1 Å². The summed E-state index contributed by atoms with van der Waals surface area (Å²) in [6.07, 6.45) is 5.06. The molecule has 2 bridgehead atoms. The van der Waals surface area contributed by atoms with Gasteiger partial charge in [-0.15, -0.1) is 0 Å². The first kappa shape index (κ1) is 31.2. The standard InChI is InChI=1S/C35H44N2O9/c1-20-7-11-29-26(16-20)37(33(40)43-29)18-23-9-12-30(27(38)17-23)41-19-31(39)36-15-5-6-28-22(3)25-10-8-21(2)24-13-14-34(4)44-32(42-28)35(24,25)46-45-34/h7,9,11-12,16-17,21-22,24-25,28,32,38H,5-6,8,10,13-15,18-19H2,1-4H3,(H,36,39). The SMILES string of the molecule is Cc1ccc2oc(=O)n(Cc3ccc(OCC(=O)NCCCC4OC5OC6(C)CCC7C(C)CCC(C4C)C57OO6)c(O)c3)c2c1. The highest BCUT2D eigenvalue weighted by molar-refractivity contribution is 5.77. The van der Waals surface area contributed by atoms with E-state index >= 15 is 0 Å². The van der Waals surface area contributed by atoms with Gasteiger partial charge in [-0.3, -0.25) is 9.36 Å². The van der Waals surface area contributed by atoms with Gasteiger partial charge in [0.15, 0.2) is 35.6 Å². The molecule has 8 rings (SSSR count). The van der Waals surface area contributed by atoms with Gasteiger partial charge in [-0.05, 0) is 99.1 Å². The van der Waals surface area contributed by atoms with Crippen LogP contribution in [-0.2, 0) is 30.6 Å². The zero-order valence-corrected chi connectivity index (χ0v) is 27.0. The molecule has 2 aromatic carbocycles. The van der Waals surface area contributed by atoms with E-state index in [-0.39, 0.29) is 48.5 Å². The minimum absolute atomic E-state index is 0.00948. The third kappa shape index (κ3) is 5.51. The molecule has 1 saturated carbocycles. The van der Waals surface area contributed by atoms with E-state index in [9.17, 15) is 14.7 Å². The summed E-state index contributed by atoms with van der Waals surface area (Å²) in [5.74, 6) is -0.0511. The van der Waals surface area contributed by atoms with Crippen LogP contribution in [0.3, 0.4) is 0 Å². The Bertz CT molecular complexity index is 1670. The number of aromatic nitrogens is 1. The number of carbonyl (C=O) groups excluding carboxylic acids is 1. The number of phenols is 1. The second-order valence-electron chi connectivity index (χ2n) is 14.0. The van der Waals surface area contributed by atoms with Gasteiger partial charge in [-0.1, -0.05) is 26.0 Å². The van der Waals surface area contributed by atoms with E-state index in [0.717, 1.165) is 44.1 Å². The lowest BCUT2D eigenvalue weighted by atomic mass is 9.57. The van der Waals surface area contributed by atoms with Crippen LogP contribution < -0.4 is 15.8 Å². The molecule has 0 radical (unpaired) electrons. The predicted octanol–water partition coefficient (Wildman–Crippen LogP) is 5.18. The van der Waals surface area contributed by atoms with Gasteiger partial charge >= 0.3 is 5.76 Å². The molecule has 1 spiro atoms. The number of ether oxygens (including phenoxy) is 3. The van der Waals surface area contributed by atoms with Crippen LogP contribution in [0.25, 0.3) is 11.1 Å². The Morgan fingerprint density at radius 1 is 1.11 bits per heavy atom. The molecule has 5 fully saturated rings. The van der Waals surface area contributed by atoms with Crippen molar-refractivity contribution in [2.45, 2.75) is 96.5 Å². The van der Waals surface area contributed by atoms with E-state index in [0.29, 0.717) is 35.0 Å². The molecule has 4 aliphatic heterocycles. The zero-order chi connectivity index (χ0) is 32.2. The number of nitrogens with one attached hydrogen (secondary N) is 1. The van der Waals surface area contributed by atoms with Crippen molar-refractivity contribution < 1.29 is 38.3 Å². The molecular weight excluding hydrogens is 592 g/mol. The summed E-state index contributed by atoms with van der Waals surface area (Å²) in [6.45, 7) is 8.91. The van der Waals surface area contributed by atoms with Gasteiger partial charge in [-0.2, -0.15) is 0 Å². The highest BCUT2D eigenvalue weighted by Crippen LogP contribution is 2.60. The summed E-state index contributed by atoms with van der Waals surface area (Å²) < 4.78 is 25.6. The molecule has 8 atom stereocenters. The number of rotatable bonds is 9. The highest BCUT2D eigenvalue weighted by atomic mass is 17.3. The topological polar surface area (TPSA) is 131 Å². The van der Waals surface area contributed by atoms with Crippen LogP contribution in [0.5, 0.6) is 11.5 Å². The highest BCUT2D eigenvalue weighted by Gasteiger charge is 2.69. The molecule has 11 nitrogen and oxygen atoms in total. The minimum atomic E-state index is -0.793. The summed E-state index contributed by atoms with van der Waals surface area (Å²) in [5, 5.41) is 13.5. The Hall–Kier alpha value is -3.38. The third-order valence-corrected chi connectivity index (χ3v) is 10.8. The lowest BCUT2D eigenvalue weighted by Crippen LogP contribution is -2.70. The normalized spacial score (nSPS) is 33.4. The Kier molecular flexibility index (Phi) is 8.15. The van der Waals surface area contributed by atoms with Crippen molar-refractivity contribution in [2.75, 3.05) is 13.2 Å². The van der Waals surface area contributed by atoms with Crippen molar-refractivity contribution in [3.8, 4) is 11.5 Å². The van der Waals surface area contributed by atoms with Crippen LogP contribution in [-0.4, -0.2) is 52.5 Å². The quantitative estimate of drug-likeness (QED) is 0.241. The van der Waals surface area contributed by atoms with Crippen LogP contribution in [0.15, 0.2) is 45.6 Å². The maximum atomic E-state index is 12.6. The van der Waals surface area contributed by atoms with Crippen LogP contribution in [0.1, 0.15) is 70.4 Å². The molecule has 1 aliphatic carbocycles. The number of hydrogen-bond donors (Lipinski definition) is 2. The predicted molar refractivity (Wildman–Crippen MR) is 167 cm³/mol. The van der Waals surface area contributed by atoms with Crippen molar-refractivity contribution in [1.29, 1.82) is 0 Å². The summed E-state index contributed by atoms with van der Waals surface area (Å²) in [6, 6.07) is 10.4. The average Bonchev–Trinajstić information content (AvgIpc) is 3.14. The maximum Gasteiger partial charge on any atom is 0.420 e. The second kappa shape index (κ2) is 12.0. The molecule has 5 heterocycles.